The van der Waals surface area contributed by atoms with Crippen LogP contribution in [-0.2, 0) is 6.42 Å². The minimum absolute atomic E-state index is 0.366. The predicted octanol–water partition coefficient (Wildman–Crippen LogP) is 4.84. The van der Waals surface area contributed by atoms with Crippen molar-refractivity contribution in [3.8, 4) is 0 Å². The predicted molar refractivity (Wildman–Crippen MR) is 99.6 cm³/mol. The van der Waals surface area contributed by atoms with E-state index in [-0.39, 0.29) is 6.03 Å². The van der Waals surface area contributed by atoms with Crippen LogP contribution < -0.4 is 10.6 Å². The van der Waals surface area contributed by atoms with Gasteiger partial charge in [0.05, 0.1) is 17.1 Å². The first kappa shape index (κ1) is 16.6. The van der Waals surface area contributed by atoms with Crippen LogP contribution in [0.25, 0.3) is 0 Å². The van der Waals surface area contributed by atoms with Gasteiger partial charge in [0.25, 0.3) is 0 Å². The monoisotopic (exact) mass is 368 g/mol. The van der Waals surface area contributed by atoms with Crippen molar-refractivity contribution in [1.82, 2.24) is 10.1 Å². The molecule has 2 amide bonds. The van der Waals surface area contributed by atoms with Crippen molar-refractivity contribution >= 4 is 29.0 Å². The lowest BCUT2D eigenvalue weighted by Crippen LogP contribution is -2.20. The van der Waals surface area contributed by atoms with Crippen molar-refractivity contribution in [2.45, 2.75) is 25.2 Å². The van der Waals surface area contributed by atoms with E-state index in [1.807, 2.05) is 30.3 Å². The molecule has 4 rings (SSSR count). The molecular formula is C19H17ClN4O2. The molecule has 0 aliphatic heterocycles. The average Bonchev–Trinajstić information content (AvgIpc) is 3.38. The van der Waals surface area contributed by atoms with Crippen LogP contribution in [0.2, 0.25) is 5.02 Å². The van der Waals surface area contributed by atoms with Gasteiger partial charge in [0.1, 0.15) is 0 Å². The molecule has 1 aromatic heterocycles. The van der Waals surface area contributed by atoms with Gasteiger partial charge in [-0.3, -0.25) is 0 Å². The van der Waals surface area contributed by atoms with Crippen LogP contribution >= 0.6 is 11.6 Å². The number of urea groups is 1. The summed E-state index contributed by atoms with van der Waals surface area (Å²) < 4.78 is 5.33. The van der Waals surface area contributed by atoms with E-state index in [4.69, 9.17) is 16.1 Å². The average molecular weight is 369 g/mol. The van der Waals surface area contributed by atoms with Crippen LogP contribution in [0.3, 0.4) is 0 Å². The first-order valence-corrected chi connectivity index (χ1v) is 8.80. The van der Waals surface area contributed by atoms with E-state index in [0.29, 0.717) is 34.6 Å². The SMILES string of the molecule is O=C(Nc1ccccc1Cl)Nc1ccccc1Cc1nc(C2CC2)no1. The summed E-state index contributed by atoms with van der Waals surface area (Å²) >= 11 is 6.07. The van der Waals surface area contributed by atoms with E-state index in [0.717, 1.165) is 24.2 Å². The van der Waals surface area contributed by atoms with Gasteiger partial charge in [0.2, 0.25) is 5.89 Å². The molecule has 1 saturated carbocycles. The molecule has 3 aromatic rings. The van der Waals surface area contributed by atoms with Gasteiger partial charge < -0.3 is 15.2 Å². The largest absolute Gasteiger partial charge is 0.339 e. The summed E-state index contributed by atoms with van der Waals surface area (Å²) in [5.74, 6) is 1.77. The fourth-order valence-corrected chi connectivity index (χ4v) is 2.83. The molecule has 1 fully saturated rings. The Bertz CT molecular complexity index is 937. The third-order valence-electron chi connectivity index (χ3n) is 4.16. The smallest absolute Gasteiger partial charge is 0.323 e. The molecule has 7 heteroatoms. The Labute approximate surface area is 155 Å². The standard InChI is InChI=1S/C19H17ClN4O2/c20-14-6-2-4-8-16(14)22-19(25)21-15-7-3-1-5-13(15)11-17-23-18(24-26-17)12-9-10-12/h1-8,12H,9-11H2,(H2,21,22,25). The molecule has 0 radical (unpaired) electrons. The third kappa shape index (κ3) is 3.86. The van der Waals surface area contributed by atoms with Gasteiger partial charge >= 0.3 is 6.03 Å². The number of amides is 2. The number of nitrogens with one attached hydrogen (secondary N) is 2. The van der Waals surface area contributed by atoms with Crippen molar-refractivity contribution in [2.24, 2.45) is 0 Å². The zero-order valence-electron chi connectivity index (χ0n) is 13.9. The fraction of sp³-hybridized carbons (Fsp3) is 0.211. The van der Waals surface area contributed by atoms with E-state index in [1.54, 1.807) is 18.2 Å². The van der Waals surface area contributed by atoms with Gasteiger partial charge in [-0.05, 0) is 36.6 Å². The lowest BCUT2D eigenvalue weighted by Gasteiger charge is -2.11. The number of carbonyl (C=O) groups is 1. The Morgan fingerprint density at radius 3 is 2.54 bits per heavy atom. The first-order valence-electron chi connectivity index (χ1n) is 8.42. The number of para-hydroxylation sites is 2. The van der Waals surface area contributed by atoms with E-state index in [1.165, 1.54) is 0 Å². The summed E-state index contributed by atoms with van der Waals surface area (Å²) in [5, 5.41) is 10.1. The Balaban J connectivity index is 1.46. The lowest BCUT2D eigenvalue weighted by molar-refractivity contribution is 0.262. The van der Waals surface area contributed by atoms with Crippen molar-refractivity contribution in [3.63, 3.8) is 0 Å². The fourth-order valence-electron chi connectivity index (χ4n) is 2.64. The molecule has 1 aliphatic carbocycles. The first-order chi connectivity index (χ1) is 12.7. The number of nitrogens with zero attached hydrogens (tertiary/aromatic N) is 2. The van der Waals surface area contributed by atoms with Crippen molar-refractivity contribution in [3.05, 3.63) is 70.8 Å². The molecule has 0 spiro atoms. The highest BCUT2D eigenvalue weighted by molar-refractivity contribution is 6.33. The Kier molecular flexibility index (Phi) is 4.58. The second kappa shape index (κ2) is 7.17. The van der Waals surface area contributed by atoms with E-state index in [2.05, 4.69) is 20.8 Å². The van der Waals surface area contributed by atoms with E-state index >= 15 is 0 Å². The highest BCUT2D eigenvalue weighted by Crippen LogP contribution is 2.38. The number of rotatable bonds is 5. The summed E-state index contributed by atoms with van der Waals surface area (Å²) in [4.78, 5) is 16.8. The molecule has 2 aromatic carbocycles. The lowest BCUT2D eigenvalue weighted by atomic mass is 10.1. The van der Waals surface area contributed by atoms with Gasteiger partial charge in [-0.1, -0.05) is 47.1 Å². The van der Waals surface area contributed by atoms with Crippen LogP contribution in [0.5, 0.6) is 0 Å². The molecular weight excluding hydrogens is 352 g/mol. The number of hydrogen-bond acceptors (Lipinski definition) is 4. The topological polar surface area (TPSA) is 80.0 Å². The summed E-state index contributed by atoms with van der Waals surface area (Å²) in [7, 11) is 0. The molecule has 2 N–H and O–H groups in total. The van der Waals surface area contributed by atoms with Gasteiger partial charge in [-0.25, -0.2) is 4.79 Å². The Morgan fingerprint density at radius 2 is 1.77 bits per heavy atom. The maximum Gasteiger partial charge on any atom is 0.323 e. The van der Waals surface area contributed by atoms with Gasteiger partial charge in [0.15, 0.2) is 5.82 Å². The number of anilines is 2. The van der Waals surface area contributed by atoms with Crippen LogP contribution in [0.15, 0.2) is 53.1 Å². The van der Waals surface area contributed by atoms with Crippen LogP contribution in [0.1, 0.15) is 36.0 Å². The third-order valence-corrected chi connectivity index (χ3v) is 4.49. The van der Waals surface area contributed by atoms with E-state index < -0.39 is 0 Å². The molecule has 0 saturated heterocycles. The molecule has 0 unspecified atom stereocenters. The summed E-state index contributed by atoms with van der Waals surface area (Å²) in [6.45, 7) is 0. The molecule has 6 nitrogen and oxygen atoms in total. The molecule has 1 heterocycles. The van der Waals surface area contributed by atoms with Crippen LogP contribution in [0.4, 0.5) is 16.2 Å². The normalized spacial score (nSPS) is 13.4. The number of hydrogen-bond donors (Lipinski definition) is 2. The zero-order chi connectivity index (χ0) is 17.9. The summed E-state index contributed by atoms with van der Waals surface area (Å²) in [6, 6.07) is 14.2. The number of benzene rings is 2. The minimum Gasteiger partial charge on any atom is -0.339 e. The van der Waals surface area contributed by atoms with E-state index in [9.17, 15) is 4.79 Å². The van der Waals surface area contributed by atoms with Crippen molar-refractivity contribution in [2.75, 3.05) is 10.6 Å². The molecule has 132 valence electrons. The molecule has 1 aliphatic rings. The van der Waals surface area contributed by atoms with Crippen LogP contribution in [-0.4, -0.2) is 16.2 Å². The van der Waals surface area contributed by atoms with Crippen molar-refractivity contribution in [1.29, 1.82) is 0 Å². The second-order valence-electron chi connectivity index (χ2n) is 6.21. The summed E-state index contributed by atoms with van der Waals surface area (Å²) in [6.07, 6.45) is 2.71. The second-order valence-corrected chi connectivity index (χ2v) is 6.62. The maximum atomic E-state index is 12.3. The maximum absolute atomic E-state index is 12.3. The molecule has 0 bridgehead atoms. The minimum atomic E-state index is -0.366. The molecule has 0 atom stereocenters. The van der Waals surface area contributed by atoms with Gasteiger partial charge in [-0.2, -0.15) is 4.98 Å². The van der Waals surface area contributed by atoms with Crippen LogP contribution in [0, 0.1) is 0 Å². The Hall–Kier alpha value is -2.86. The molecule has 26 heavy (non-hydrogen) atoms. The highest BCUT2D eigenvalue weighted by Gasteiger charge is 2.28. The van der Waals surface area contributed by atoms with Crippen molar-refractivity contribution < 1.29 is 9.32 Å². The number of halogens is 1. The number of carbonyl (C=O) groups excluding carboxylic acids is 1. The zero-order valence-corrected chi connectivity index (χ0v) is 14.7. The Morgan fingerprint density at radius 1 is 1.08 bits per heavy atom. The highest BCUT2D eigenvalue weighted by atomic mass is 35.5. The van der Waals surface area contributed by atoms with Gasteiger partial charge in [-0.15, -0.1) is 0 Å². The van der Waals surface area contributed by atoms with Gasteiger partial charge in [0, 0.05) is 11.6 Å². The quantitative estimate of drug-likeness (QED) is 0.675. The summed E-state index contributed by atoms with van der Waals surface area (Å²) in [5.41, 5.74) is 2.13. The number of aromatic nitrogens is 2.